The maximum atomic E-state index is 13.6. The van der Waals surface area contributed by atoms with Gasteiger partial charge in [-0.1, -0.05) is 54.4 Å². The Balaban J connectivity index is 2.45. The highest BCUT2D eigenvalue weighted by atomic mass is 35.5. The van der Waals surface area contributed by atoms with E-state index in [1.165, 1.54) is 11.0 Å². The molecule has 2 aromatic carbocycles. The van der Waals surface area contributed by atoms with Crippen molar-refractivity contribution in [3.05, 3.63) is 63.6 Å². The minimum atomic E-state index is -3.84. The minimum absolute atomic E-state index is 0.0414. The normalized spacial score (nSPS) is 13.1. The Labute approximate surface area is 212 Å². The lowest BCUT2D eigenvalue weighted by Gasteiger charge is -2.32. The molecular weight excluding hydrogens is 497 g/mol. The smallest absolute Gasteiger partial charge is 0.244 e. The zero-order chi connectivity index (χ0) is 25.6. The van der Waals surface area contributed by atoms with Crippen LogP contribution in [0.2, 0.25) is 10.0 Å². The molecule has 34 heavy (non-hydrogen) atoms. The van der Waals surface area contributed by atoms with Crippen molar-refractivity contribution in [1.29, 1.82) is 0 Å². The van der Waals surface area contributed by atoms with Gasteiger partial charge in [0.25, 0.3) is 0 Å². The molecule has 0 aliphatic rings. The minimum Gasteiger partial charge on any atom is -0.352 e. The molecule has 2 aromatic rings. The van der Waals surface area contributed by atoms with E-state index in [9.17, 15) is 18.0 Å². The van der Waals surface area contributed by atoms with E-state index in [1.807, 2.05) is 13.8 Å². The number of hydrogen-bond donors (Lipinski definition) is 1. The first-order chi connectivity index (χ1) is 15.8. The second-order valence-corrected chi connectivity index (χ2v) is 11.1. The number of carbonyl (C=O) groups is 2. The van der Waals surface area contributed by atoms with Gasteiger partial charge in [0.15, 0.2) is 0 Å². The number of benzene rings is 2. The lowest BCUT2D eigenvalue weighted by molar-refractivity contribution is -0.139. The highest BCUT2D eigenvalue weighted by molar-refractivity contribution is 7.92. The third-order valence-electron chi connectivity index (χ3n) is 5.59. The molecule has 0 radical (unpaired) electrons. The molecule has 2 atom stereocenters. The largest absolute Gasteiger partial charge is 0.352 e. The van der Waals surface area contributed by atoms with Crippen LogP contribution >= 0.6 is 23.2 Å². The highest BCUT2D eigenvalue weighted by Crippen LogP contribution is 2.27. The molecule has 186 valence electrons. The zero-order valence-electron chi connectivity index (χ0n) is 20.0. The number of nitrogens with zero attached hydrogens (tertiary/aromatic N) is 2. The number of anilines is 1. The lowest BCUT2D eigenvalue weighted by Crippen LogP contribution is -2.52. The molecule has 0 aliphatic carbocycles. The van der Waals surface area contributed by atoms with Crippen LogP contribution in [0.4, 0.5) is 5.69 Å². The van der Waals surface area contributed by atoms with Crippen molar-refractivity contribution in [2.24, 2.45) is 0 Å². The number of halogens is 2. The van der Waals surface area contributed by atoms with Crippen LogP contribution in [0.3, 0.4) is 0 Å². The summed E-state index contributed by atoms with van der Waals surface area (Å²) in [5.41, 5.74) is 1.59. The van der Waals surface area contributed by atoms with Crippen LogP contribution in [0.25, 0.3) is 0 Å². The van der Waals surface area contributed by atoms with E-state index in [1.54, 1.807) is 50.2 Å². The molecular formula is C24H31Cl2N3O4S. The quantitative estimate of drug-likeness (QED) is 0.495. The van der Waals surface area contributed by atoms with Crippen LogP contribution in [0.1, 0.15) is 38.3 Å². The molecule has 2 amide bonds. The predicted molar refractivity (Wildman–Crippen MR) is 138 cm³/mol. The van der Waals surface area contributed by atoms with Crippen molar-refractivity contribution < 1.29 is 18.0 Å². The van der Waals surface area contributed by atoms with Crippen molar-refractivity contribution in [2.45, 2.75) is 52.7 Å². The maximum Gasteiger partial charge on any atom is 0.244 e. The van der Waals surface area contributed by atoms with E-state index >= 15 is 0 Å². The summed E-state index contributed by atoms with van der Waals surface area (Å²) in [6, 6.07) is 10.9. The van der Waals surface area contributed by atoms with E-state index in [-0.39, 0.29) is 18.5 Å². The molecule has 1 N–H and O–H groups in total. The van der Waals surface area contributed by atoms with E-state index in [2.05, 4.69) is 5.32 Å². The summed E-state index contributed by atoms with van der Waals surface area (Å²) in [5, 5.41) is 3.67. The molecule has 0 spiro atoms. The number of nitrogens with one attached hydrogen (secondary N) is 1. The third-order valence-corrected chi connectivity index (χ3v) is 7.32. The molecule has 0 saturated carbocycles. The van der Waals surface area contributed by atoms with Crippen LogP contribution in [-0.4, -0.2) is 50.0 Å². The van der Waals surface area contributed by atoms with Crippen LogP contribution in [0.15, 0.2) is 42.5 Å². The number of sulfonamides is 1. The maximum absolute atomic E-state index is 13.6. The van der Waals surface area contributed by atoms with E-state index in [4.69, 9.17) is 23.2 Å². The first-order valence-electron chi connectivity index (χ1n) is 10.9. The lowest BCUT2D eigenvalue weighted by atomic mass is 10.1. The molecule has 7 nitrogen and oxygen atoms in total. The van der Waals surface area contributed by atoms with Crippen LogP contribution in [0.5, 0.6) is 0 Å². The first-order valence-corrected chi connectivity index (χ1v) is 13.5. The fraction of sp³-hybridized carbons (Fsp3) is 0.417. The molecule has 10 heteroatoms. The number of aryl methyl sites for hydroxylation is 1. The van der Waals surface area contributed by atoms with Gasteiger partial charge in [-0.3, -0.25) is 13.9 Å². The number of rotatable bonds is 10. The average molecular weight is 529 g/mol. The number of amides is 2. The Kier molecular flexibility index (Phi) is 9.79. The molecule has 0 aliphatic heterocycles. The second kappa shape index (κ2) is 11.9. The van der Waals surface area contributed by atoms with Gasteiger partial charge in [0.1, 0.15) is 12.6 Å². The summed E-state index contributed by atoms with van der Waals surface area (Å²) >= 11 is 12.4. The average Bonchev–Trinajstić information content (AvgIpc) is 2.77. The number of carbonyl (C=O) groups excluding carboxylic acids is 2. The fourth-order valence-corrected chi connectivity index (χ4v) is 4.57. The van der Waals surface area contributed by atoms with Gasteiger partial charge >= 0.3 is 0 Å². The molecule has 0 bridgehead atoms. The van der Waals surface area contributed by atoms with Gasteiger partial charge in [-0.05, 0) is 56.5 Å². The molecule has 0 unspecified atom stereocenters. The summed E-state index contributed by atoms with van der Waals surface area (Å²) in [6.07, 6.45) is 1.75. The van der Waals surface area contributed by atoms with Gasteiger partial charge in [-0.2, -0.15) is 0 Å². The standard InChI is InChI=1S/C24H31Cl2N3O4S/c1-6-17(3)27-24(31)18(4)28(14-19-9-7-8-10-21(19)26)23(30)15-29(34(5,32)33)22-13-20(25)12-11-16(22)2/h7-13,17-18H,6,14-15H2,1-5H3,(H,27,31)/t17-,18+/m1/s1. The Morgan fingerprint density at radius 2 is 1.74 bits per heavy atom. The monoisotopic (exact) mass is 527 g/mol. The van der Waals surface area contributed by atoms with Crippen molar-refractivity contribution in [2.75, 3.05) is 17.1 Å². The zero-order valence-corrected chi connectivity index (χ0v) is 22.3. The predicted octanol–water partition coefficient (Wildman–Crippen LogP) is 4.40. The SMILES string of the molecule is CC[C@@H](C)NC(=O)[C@H](C)N(Cc1ccccc1Cl)C(=O)CN(c1cc(Cl)ccc1C)S(C)(=O)=O. The summed E-state index contributed by atoms with van der Waals surface area (Å²) in [4.78, 5) is 27.8. The van der Waals surface area contributed by atoms with Gasteiger partial charge in [-0.15, -0.1) is 0 Å². The topological polar surface area (TPSA) is 86.8 Å². The van der Waals surface area contributed by atoms with E-state index in [0.29, 0.717) is 26.9 Å². The Morgan fingerprint density at radius 3 is 2.32 bits per heavy atom. The molecule has 0 fully saturated rings. The van der Waals surface area contributed by atoms with E-state index < -0.39 is 28.5 Å². The summed E-state index contributed by atoms with van der Waals surface area (Å²) < 4.78 is 26.3. The van der Waals surface area contributed by atoms with Gasteiger partial charge in [-0.25, -0.2) is 8.42 Å². The van der Waals surface area contributed by atoms with Crippen LogP contribution in [0, 0.1) is 6.92 Å². The molecule has 0 aromatic heterocycles. The fourth-order valence-electron chi connectivity index (χ4n) is 3.30. The molecule has 2 rings (SSSR count). The second-order valence-electron chi connectivity index (χ2n) is 8.31. The highest BCUT2D eigenvalue weighted by Gasteiger charge is 2.31. The number of hydrogen-bond acceptors (Lipinski definition) is 4. The third kappa shape index (κ3) is 7.35. The van der Waals surface area contributed by atoms with Crippen molar-refractivity contribution >= 4 is 50.7 Å². The van der Waals surface area contributed by atoms with Crippen molar-refractivity contribution in [1.82, 2.24) is 10.2 Å². The Hall–Kier alpha value is -2.29. The summed E-state index contributed by atoms with van der Waals surface area (Å²) in [7, 11) is -3.84. The summed E-state index contributed by atoms with van der Waals surface area (Å²) in [5.74, 6) is -0.879. The van der Waals surface area contributed by atoms with E-state index in [0.717, 1.165) is 17.0 Å². The van der Waals surface area contributed by atoms with Crippen molar-refractivity contribution in [3.63, 3.8) is 0 Å². The van der Waals surface area contributed by atoms with Gasteiger partial charge < -0.3 is 10.2 Å². The van der Waals surface area contributed by atoms with Crippen LogP contribution < -0.4 is 9.62 Å². The molecule has 0 saturated heterocycles. The Bertz CT molecular complexity index is 1140. The van der Waals surface area contributed by atoms with Crippen LogP contribution in [-0.2, 0) is 26.2 Å². The van der Waals surface area contributed by atoms with Gasteiger partial charge in [0, 0.05) is 22.6 Å². The van der Waals surface area contributed by atoms with Gasteiger partial charge in [0.05, 0.1) is 11.9 Å². The summed E-state index contributed by atoms with van der Waals surface area (Å²) in [6.45, 7) is 6.71. The van der Waals surface area contributed by atoms with Gasteiger partial charge in [0.2, 0.25) is 21.8 Å². The van der Waals surface area contributed by atoms with Crippen molar-refractivity contribution in [3.8, 4) is 0 Å². The molecule has 0 heterocycles. The Morgan fingerprint density at radius 1 is 1.09 bits per heavy atom. The first kappa shape index (κ1) is 28.0.